The Bertz CT molecular complexity index is 211. The molecule has 2 saturated heterocycles. The number of rotatable bonds is 4. The molecule has 2 aliphatic heterocycles. The van der Waals surface area contributed by atoms with E-state index in [9.17, 15) is 0 Å². The number of hydrogen-bond acceptors (Lipinski definition) is 3. The van der Waals surface area contributed by atoms with E-state index in [1.54, 1.807) is 0 Å². The van der Waals surface area contributed by atoms with Gasteiger partial charge in [-0.15, -0.1) is 12.4 Å². The van der Waals surface area contributed by atoms with E-state index >= 15 is 0 Å². The molecule has 0 aromatic carbocycles. The van der Waals surface area contributed by atoms with E-state index in [4.69, 9.17) is 0 Å². The quantitative estimate of drug-likeness (QED) is 0.834. The largest absolute Gasteiger partial charge is 0.315 e. The van der Waals surface area contributed by atoms with Crippen molar-refractivity contribution in [1.29, 1.82) is 0 Å². The zero-order valence-electron chi connectivity index (χ0n) is 9.86. The SMILES string of the molecule is C1CC(N(CC2CCSC2)C2CC2)CN1.Cl. The van der Waals surface area contributed by atoms with E-state index in [0.29, 0.717) is 0 Å². The fourth-order valence-electron chi connectivity index (χ4n) is 2.95. The van der Waals surface area contributed by atoms with Gasteiger partial charge in [0.2, 0.25) is 0 Å². The van der Waals surface area contributed by atoms with E-state index in [1.807, 2.05) is 0 Å². The molecule has 3 fully saturated rings. The minimum absolute atomic E-state index is 0. The van der Waals surface area contributed by atoms with Gasteiger partial charge in [-0.3, -0.25) is 4.90 Å². The zero-order valence-corrected chi connectivity index (χ0v) is 11.5. The van der Waals surface area contributed by atoms with Crippen LogP contribution in [-0.2, 0) is 0 Å². The Morgan fingerprint density at radius 3 is 2.56 bits per heavy atom. The van der Waals surface area contributed by atoms with Crippen LogP contribution in [-0.4, -0.2) is 48.1 Å². The van der Waals surface area contributed by atoms with E-state index in [0.717, 1.165) is 18.0 Å². The van der Waals surface area contributed by atoms with Crippen molar-refractivity contribution in [2.45, 2.75) is 37.8 Å². The topological polar surface area (TPSA) is 15.3 Å². The van der Waals surface area contributed by atoms with Crippen LogP contribution in [0.2, 0.25) is 0 Å². The lowest BCUT2D eigenvalue weighted by Gasteiger charge is -2.30. The Labute approximate surface area is 109 Å². The van der Waals surface area contributed by atoms with Gasteiger partial charge >= 0.3 is 0 Å². The summed E-state index contributed by atoms with van der Waals surface area (Å²) in [5.74, 6) is 3.83. The molecule has 2 nitrogen and oxygen atoms in total. The number of nitrogens with one attached hydrogen (secondary N) is 1. The van der Waals surface area contributed by atoms with Gasteiger partial charge in [0.25, 0.3) is 0 Å². The molecule has 1 aliphatic carbocycles. The van der Waals surface area contributed by atoms with E-state index in [2.05, 4.69) is 22.0 Å². The maximum absolute atomic E-state index is 3.51. The molecule has 2 unspecified atom stereocenters. The molecular formula is C12H23ClN2S. The van der Waals surface area contributed by atoms with Gasteiger partial charge in [-0.05, 0) is 49.7 Å². The van der Waals surface area contributed by atoms with Crippen LogP contribution >= 0.6 is 24.2 Å². The summed E-state index contributed by atoms with van der Waals surface area (Å²) in [7, 11) is 0. The molecule has 3 rings (SSSR count). The minimum atomic E-state index is 0. The zero-order chi connectivity index (χ0) is 10.1. The number of thioether (sulfide) groups is 1. The second-order valence-corrected chi connectivity index (χ2v) is 6.45. The first-order valence-corrected chi connectivity index (χ1v) is 7.63. The monoisotopic (exact) mass is 262 g/mol. The summed E-state index contributed by atoms with van der Waals surface area (Å²) >= 11 is 2.16. The lowest BCUT2D eigenvalue weighted by molar-refractivity contribution is 0.173. The molecule has 0 radical (unpaired) electrons. The lowest BCUT2D eigenvalue weighted by atomic mass is 10.1. The predicted octanol–water partition coefficient (Wildman–Crippen LogP) is 1.99. The molecule has 0 bridgehead atoms. The molecule has 3 aliphatic rings. The molecular weight excluding hydrogens is 240 g/mol. The fourth-order valence-corrected chi connectivity index (χ4v) is 4.22. The van der Waals surface area contributed by atoms with Gasteiger partial charge in [-0.1, -0.05) is 0 Å². The molecule has 1 saturated carbocycles. The van der Waals surface area contributed by atoms with E-state index < -0.39 is 0 Å². The van der Waals surface area contributed by atoms with Gasteiger partial charge in [0.1, 0.15) is 0 Å². The standard InChI is InChI=1S/C12H22N2S.ClH/c1-2-11(1)14(12-3-5-13-7-12)8-10-4-6-15-9-10;/h10-13H,1-9H2;1H. The first-order valence-electron chi connectivity index (χ1n) is 6.47. The highest BCUT2D eigenvalue weighted by Crippen LogP contribution is 2.33. The molecule has 94 valence electrons. The van der Waals surface area contributed by atoms with Crippen molar-refractivity contribution in [3.63, 3.8) is 0 Å². The summed E-state index contributed by atoms with van der Waals surface area (Å²) in [6, 6.07) is 1.82. The number of nitrogens with zero attached hydrogens (tertiary/aromatic N) is 1. The first-order chi connectivity index (χ1) is 7.43. The molecule has 2 atom stereocenters. The van der Waals surface area contributed by atoms with E-state index in [1.165, 1.54) is 56.8 Å². The third-order valence-electron chi connectivity index (χ3n) is 4.01. The molecule has 0 spiro atoms. The highest BCUT2D eigenvalue weighted by atomic mass is 35.5. The molecule has 2 heterocycles. The van der Waals surface area contributed by atoms with Crippen molar-refractivity contribution in [3.8, 4) is 0 Å². The van der Waals surface area contributed by atoms with Gasteiger partial charge in [0.05, 0.1) is 0 Å². The van der Waals surface area contributed by atoms with Crippen molar-refractivity contribution in [2.75, 3.05) is 31.1 Å². The highest BCUT2D eigenvalue weighted by molar-refractivity contribution is 7.99. The van der Waals surface area contributed by atoms with Crippen molar-refractivity contribution >= 4 is 24.2 Å². The molecule has 16 heavy (non-hydrogen) atoms. The smallest absolute Gasteiger partial charge is 0.0235 e. The maximum Gasteiger partial charge on any atom is 0.0235 e. The second-order valence-electron chi connectivity index (χ2n) is 5.30. The van der Waals surface area contributed by atoms with Crippen LogP contribution in [0, 0.1) is 5.92 Å². The van der Waals surface area contributed by atoms with Crippen molar-refractivity contribution in [1.82, 2.24) is 10.2 Å². The van der Waals surface area contributed by atoms with Crippen molar-refractivity contribution in [3.05, 3.63) is 0 Å². The normalized spacial score (nSPS) is 34.3. The Hall–Kier alpha value is 0.560. The Kier molecular flexibility index (Phi) is 4.83. The highest BCUT2D eigenvalue weighted by Gasteiger charge is 2.36. The molecule has 1 N–H and O–H groups in total. The van der Waals surface area contributed by atoms with Gasteiger partial charge in [0, 0.05) is 25.2 Å². The van der Waals surface area contributed by atoms with Crippen LogP contribution < -0.4 is 5.32 Å². The summed E-state index contributed by atoms with van der Waals surface area (Å²) in [6.45, 7) is 3.88. The average Bonchev–Trinajstić information content (AvgIpc) is 2.78. The Morgan fingerprint density at radius 2 is 2.00 bits per heavy atom. The average molecular weight is 263 g/mol. The van der Waals surface area contributed by atoms with E-state index in [-0.39, 0.29) is 12.4 Å². The second kappa shape index (κ2) is 5.94. The van der Waals surface area contributed by atoms with Gasteiger partial charge in [0.15, 0.2) is 0 Å². The van der Waals surface area contributed by atoms with Gasteiger partial charge in [-0.2, -0.15) is 11.8 Å². The maximum atomic E-state index is 3.51. The molecule has 0 aromatic heterocycles. The summed E-state index contributed by atoms with van der Waals surface area (Å²) < 4.78 is 0. The van der Waals surface area contributed by atoms with Crippen LogP contribution in [0.4, 0.5) is 0 Å². The predicted molar refractivity (Wildman–Crippen MR) is 73.7 cm³/mol. The molecule has 0 amide bonds. The lowest BCUT2D eigenvalue weighted by Crippen LogP contribution is -2.41. The number of halogens is 1. The third kappa shape index (κ3) is 3.06. The third-order valence-corrected chi connectivity index (χ3v) is 5.24. The van der Waals surface area contributed by atoms with Crippen LogP contribution in [0.3, 0.4) is 0 Å². The Morgan fingerprint density at radius 1 is 1.12 bits per heavy atom. The minimum Gasteiger partial charge on any atom is -0.315 e. The fraction of sp³-hybridized carbons (Fsp3) is 1.00. The van der Waals surface area contributed by atoms with Crippen LogP contribution in [0.1, 0.15) is 25.7 Å². The summed E-state index contributed by atoms with van der Waals surface area (Å²) in [4.78, 5) is 2.84. The molecule has 0 aromatic rings. The van der Waals surface area contributed by atoms with Gasteiger partial charge < -0.3 is 5.32 Å². The Balaban J connectivity index is 0.000000963. The first kappa shape index (κ1) is 13.0. The number of hydrogen-bond donors (Lipinski definition) is 1. The van der Waals surface area contributed by atoms with Crippen LogP contribution in [0.5, 0.6) is 0 Å². The van der Waals surface area contributed by atoms with Crippen LogP contribution in [0.15, 0.2) is 0 Å². The van der Waals surface area contributed by atoms with Crippen molar-refractivity contribution < 1.29 is 0 Å². The summed E-state index contributed by atoms with van der Waals surface area (Å²) in [6.07, 6.45) is 5.79. The van der Waals surface area contributed by atoms with Crippen LogP contribution in [0.25, 0.3) is 0 Å². The van der Waals surface area contributed by atoms with Gasteiger partial charge in [-0.25, -0.2) is 0 Å². The van der Waals surface area contributed by atoms with Crippen molar-refractivity contribution in [2.24, 2.45) is 5.92 Å². The molecule has 4 heteroatoms. The summed E-state index contributed by atoms with van der Waals surface area (Å²) in [5, 5.41) is 3.51. The summed E-state index contributed by atoms with van der Waals surface area (Å²) in [5.41, 5.74) is 0.